The summed E-state index contributed by atoms with van der Waals surface area (Å²) in [5.74, 6) is -0.401. The van der Waals surface area contributed by atoms with Gasteiger partial charge in [0.25, 0.3) is 5.56 Å². The van der Waals surface area contributed by atoms with Gasteiger partial charge in [-0.15, -0.1) is 0 Å². The first-order chi connectivity index (χ1) is 13.3. The third-order valence-electron chi connectivity index (χ3n) is 3.76. The number of hydrogen-bond donors (Lipinski definition) is 4. The van der Waals surface area contributed by atoms with E-state index in [0.29, 0.717) is 5.69 Å². The number of nitrogens with zero attached hydrogens (tertiary/aromatic N) is 1. The number of H-pyrrole nitrogens is 2. The minimum absolute atomic E-state index is 0.00258. The van der Waals surface area contributed by atoms with Gasteiger partial charge in [-0.1, -0.05) is 30.3 Å². The largest absolute Gasteiger partial charge is 0.494 e. The van der Waals surface area contributed by atoms with Gasteiger partial charge in [-0.25, -0.2) is 13.1 Å². The standard InChI is InChI=1S/C18H16N4O4S2/c23-16-15(17(24)22-18(27)21-16)11-19-13-6-8-14(9-7-13)28(25,26)20-10-12-4-2-1-3-5-12/h1-9,11,20H,10H2,(H3,21,22,23,24,27). The van der Waals surface area contributed by atoms with Gasteiger partial charge in [-0.3, -0.25) is 14.8 Å². The zero-order valence-corrected chi connectivity index (χ0v) is 16.0. The molecule has 0 aliphatic rings. The van der Waals surface area contributed by atoms with Crippen molar-refractivity contribution in [2.45, 2.75) is 11.4 Å². The Morgan fingerprint density at radius 2 is 1.75 bits per heavy atom. The van der Waals surface area contributed by atoms with Gasteiger partial charge in [0.15, 0.2) is 4.77 Å². The Hall–Kier alpha value is -3.08. The van der Waals surface area contributed by atoms with Crippen LogP contribution in [-0.2, 0) is 16.6 Å². The number of hydrogen-bond acceptors (Lipinski definition) is 6. The summed E-state index contributed by atoms with van der Waals surface area (Å²) in [7, 11) is -3.67. The summed E-state index contributed by atoms with van der Waals surface area (Å²) in [6.45, 7) is 0.181. The van der Waals surface area contributed by atoms with Crippen LogP contribution in [0.25, 0.3) is 0 Å². The Kier molecular flexibility index (Phi) is 5.83. The summed E-state index contributed by atoms with van der Waals surface area (Å²) >= 11 is 4.75. The fourth-order valence-corrected chi connectivity index (χ4v) is 3.52. The Bertz CT molecular complexity index is 1210. The second kappa shape index (κ2) is 8.30. The van der Waals surface area contributed by atoms with Crippen LogP contribution in [0, 0.1) is 4.77 Å². The van der Waals surface area contributed by atoms with E-state index in [1.807, 2.05) is 30.3 Å². The fourth-order valence-electron chi connectivity index (χ4n) is 2.31. The second-order valence-electron chi connectivity index (χ2n) is 5.73. The van der Waals surface area contributed by atoms with Gasteiger partial charge >= 0.3 is 0 Å². The average Bonchev–Trinajstić information content (AvgIpc) is 2.67. The molecule has 0 unspecified atom stereocenters. The van der Waals surface area contributed by atoms with Crippen LogP contribution in [0.15, 0.2) is 69.3 Å². The van der Waals surface area contributed by atoms with Gasteiger partial charge in [0.1, 0.15) is 5.56 Å². The first kappa shape index (κ1) is 19.7. The molecule has 0 saturated heterocycles. The predicted molar refractivity (Wildman–Crippen MR) is 108 cm³/mol. The number of aromatic nitrogens is 2. The SMILES string of the molecule is O=c1[nH]c(=S)[nH]c(O)c1C=Nc1ccc(S(=O)(=O)NCc2ccccc2)cc1. The van der Waals surface area contributed by atoms with Crippen molar-refractivity contribution < 1.29 is 13.5 Å². The first-order valence-corrected chi connectivity index (χ1v) is 9.97. The molecule has 0 saturated carbocycles. The lowest BCUT2D eigenvalue weighted by Gasteiger charge is -2.07. The molecule has 8 nitrogen and oxygen atoms in total. The highest BCUT2D eigenvalue weighted by molar-refractivity contribution is 7.89. The number of sulfonamides is 1. The van der Waals surface area contributed by atoms with Crippen molar-refractivity contribution in [2.24, 2.45) is 4.99 Å². The number of aliphatic imine (C=N–C) groups is 1. The Labute approximate surface area is 165 Å². The first-order valence-electron chi connectivity index (χ1n) is 8.08. The van der Waals surface area contributed by atoms with Crippen molar-refractivity contribution in [1.29, 1.82) is 0 Å². The number of aromatic hydroxyl groups is 1. The number of aromatic amines is 2. The van der Waals surface area contributed by atoms with Crippen LogP contribution in [0.2, 0.25) is 0 Å². The molecule has 1 aromatic heterocycles. The highest BCUT2D eigenvalue weighted by atomic mass is 32.2. The smallest absolute Gasteiger partial charge is 0.264 e. The van der Waals surface area contributed by atoms with Crippen LogP contribution in [0.4, 0.5) is 5.69 Å². The Morgan fingerprint density at radius 1 is 1.07 bits per heavy atom. The van der Waals surface area contributed by atoms with Gasteiger partial charge in [0, 0.05) is 12.8 Å². The molecule has 3 rings (SSSR count). The van der Waals surface area contributed by atoms with E-state index in [2.05, 4.69) is 19.7 Å². The van der Waals surface area contributed by atoms with Crippen LogP contribution in [0.1, 0.15) is 11.1 Å². The van der Waals surface area contributed by atoms with Crippen molar-refractivity contribution in [2.75, 3.05) is 0 Å². The molecule has 0 aliphatic carbocycles. The molecule has 1 heterocycles. The summed E-state index contributed by atoms with van der Waals surface area (Å²) < 4.78 is 27.3. The van der Waals surface area contributed by atoms with E-state index in [0.717, 1.165) is 11.8 Å². The molecule has 0 fully saturated rings. The molecular formula is C18H16N4O4S2. The summed E-state index contributed by atoms with van der Waals surface area (Å²) in [6, 6.07) is 15.0. The van der Waals surface area contributed by atoms with Crippen LogP contribution in [-0.4, -0.2) is 29.7 Å². The average molecular weight is 416 g/mol. The monoisotopic (exact) mass is 416 g/mol. The van der Waals surface area contributed by atoms with E-state index in [1.165, 1.54) is 24.3 Å². The summed E-state index contributed by atoms with van der Waals surface area (Å²) in [4.78, 5) is 20.7. The van der Waals surface area contributed by atoms with Crippen LogP contribution in [0.3, 0.4) is 0 Å². The van der Waals surface area contributed by atoms with Crippen molar-refractivity contribution >= 4 is 34.1 Å². The lowest BCUT2D eigenvalue weighted by atomic mass is 10.2. The van der Waals surface area contributed by atoms with Crippen LogP contribution < -0.4 is 10.3 Å². The second-order valence-corrected chi connectivity index (χ2v) is 7.91. The highest BCUT2D eigenvalue weighted by Crippen LogP contribution is 2.17. The molecule has 2 aromatic carbocycles. The zero-order chi connectivity index (χ0) is 20.1. The maximum absolute atomic E-state index is 12.4. The minimum atomic E-state index is -3.67. The quantitative estimate of drug-likeness (QED) is 0.362. The Balaban J connectivity index is 1.74. The minimum Gasteiger partial charge on any atom is -0.494 e. The van der Waals surface area contributed by atoms with E-state index >= 15 is 0 Å². The Morgan fingerprint density at radius 3 is 2.39 bits per heavy atom. The summed E-state index contributed by atoms with van der Waals surface area (Å²) in [5.41, 5.74) is 0.576. The van der Waals surface area contributed by atoms with E-state index in [9.17, 15) is 18.3 Å². The van der Waals surface area contributed by atoms with Crippen molar-refractivity contribution in [1.82, 2.24) is 14.7 Å². The van der Waals surface area contributed by atoms with Gasteiger partial charge in [-0.05, 0) is 42.0 Å². The summed E-state index contributed by atoms with van der Waals surface area (Å²) in [5, 5.41) is 9.73. The van der Waals surface area contributed by atoms with Crippen molar-refractivity contribution in [3.63, 3.8) is 0 Å². The third-order valence-corrected chi connectivity index (χ3v) is 5.38. The van der Waals surface area contributed by atoms with Gasteiger partial charge < -0.3 is 10.1 Å². The molecule has 0 atom stereocenters. The van der Waals surface area contributed by atoms with E-state index < -0.39 is 21.5 Å². The zero-order valence-electron chi connectivity index (χ0n) is 14.4. The van der Waals surface area contributed by atoms with Gasteiger partial charge in [0.2, 0.25) is 15.9 Å². The molecule has 144 valence electrons. The fraction of sp³-hybridized carbons (Fsp3) is 0.0556. The predicted octanol–water partition coefficient (Wildman–Crippen LogP) is 2.37. The molecule has 28 heavy (non-hydrogen) atoms. The topological polar surface area (TPSA) is 127 Å². The number of nitrogens with one attached hydrogen (secondary N) is 3. The lowest BCUT2D eigenvalue weighted by molar-refractivity contribution is 0.449. The molecule has 10 heteroatoms. The van der Waals surface area contributed by atoms with Crippen LogP contribution >= 0.6 is 12.2 Å². The molecule has 0 aliphatic heterocycles. The number of benzene rings is 2. The van der Waals surface area contributed by atoms with E-state index in [-0.39, 0.29) is 21.8 Å². The van der Waals surface area contributed by atoms with Crippen molar-refractivity contribution in [3.05, 3.63) is 80.8 Å². The molecule has 0 bridgehead atoms. The van der Waals surface area contributed by atoms with Gasteiger partial charge in [0.05, 0.1) is 10.6 Å². The maximum Gasteiger partial charge on any atom is 0.264 e. The molecule has 0 amide bonds. The molecule has 0 spiro atoms. The highest BCUT2D eigenvalue weighted by Gasteiger charge is 2.13. The lowest BCUT2D eigenvalue weighted by Crippen LogP contribution is -2.23. The molecular weight excluding hydrogens is 400 g/mol. The van der Waals surface area contributed by atoms with E-state index in [4.69, 9.17) is 12.2 Å². The van der Waals surface area contributed by atoms with Gasteiger partial charge in [-0.2, -0.15) is 0 Å². The molecule has 3 aromatic rings. The normalized spacial score (nSPS) is 11.7. The van der Waals surface area contributed by atoms with E-state index in [1.54, 1.807) is 0 Å². The van der Waals surface area contributed by atoms with Crippen molar-refractivity contribution in [3.8, 4) is 5.88 Å². The number of rotatable bonds is 6. The summed E-state index contributed by atoms with van der Waals surface area (Å²) in [6.07, 6.45) is 1.16. The van der Waals surface area contributed by atoms with Crippen LogP contribution in [0.5, 0.6) is 5.88 Å². The third kappa shape index (κ3) is 4.80. The maximum atomic E-state index is 12.4. The molecule has 0 radical (unpaired) electrons. The molecule has 4 N–H and O–H groups in total.